The van der Waals surface area contributed by atoms with E-state index in [1.807, 2.05) is 41.3 Å². The third kappa shape index (κ3) is 4.14. The normalized spacial score (nSPS) is 20.0. The molecule has 1 N–H and O–H groups in total. The smallest absolute Gasteiger partial charge is 0.228 e. The van der Waals surface area contributed by atoms with Gasteiger partial charge >= 0.3 is 0 Å². The SMILES string of the molecule is CCN(CC)c1ccc(NC(=O)C2CC2C(=O)N2CCc3ccccc3C2)cc1. The van der Waals surface area contributed by atoms with Crippen molar-refractivity contribution in [2.45, 2.75) is 33.2 Å². The molecule has 2 unspecified atom stereocenters. The number of anilines is 2. The van der Waals surface area contributed by atoms with E-state index in [0.717, 1.165) is 37.4 Å². The molecule has 2 aromatic carbocycles. The molecule has 0 aromatic heterocycles. The zero-order valence-corrected chi connectivity index (χ0v) is 17.2. The average molecular weight is 392 g/mol. The highest BCUT2D eigenvalue weighted by Gasteiger charge is 2.49. The maximum absolute atomic E-state index is 12.9. The zero-order chi connectivity index (χ0) is 20.4. The predicted octanol–water partition coefficient (Wildman–Crippen LogP) is 3.69. The van der Waals surface area contributed by atoms with Gasteiger partial charge in [0.25, 0.3) is 0 Å². The Morgan fingerprint density at radius 2 is 1.69 bits per heavy atom. The summed E-state index contributed by atoms with van der Waals surface area (Å²) >= 11 is 0. The van der Waals surface area contributed by atoms with E-state index in [9.17, 15) is 9.59 Å². The van der Waals surface area contributed by atoms with Crippen molar-refractivity contribution in [3.63, 3.8) is 0 Å². The van der Waals surface area contributed by atoms with Gasteiger partial charge in [0, 0.05) is 37.6 Å². The van der Waals surface area contributed by atoms with Gasteiger partial charge in [-0.2, -0.15) is 0 Å². The van der Waals surface area contributed by atoms with E-state index >= 15 is 0 Å². The van der Waals surface area contributed by atoms with Crippen LogP contribution in [0.4, 0.5) is 11.4 Å². The zero-order valence-electron chi connectivity index (χ0n) is 17.2. The first kappa shape index (κ1) is 19.5. The topological polar surface area (TPSA) is 52.7 Å². The summed E-state index contributed by atoms with van der Waals surface area (Å²) in [4.78, 5) is 29.7. The van der Waals surface area contributed by atoms with Crippen LogP contribution >= 0.6 is 0 Å². The van der Waals surface area contributed by atoms with Crippen LogP contribution in [-0.2, 0) is 22.6 Å². The quantitative estimate of drug-likeness (QED) is 0.817. The molecule has 2 aliphatic rings. The predicted molar refractivity (Wildman–Crippen MR) is 116 cm³/mol. The van der Waals surface area contributed by atoms with Crippen LogP contribution in [0.3, 0.4) is 0 Å². The minimum atomic E-state index is -0.206. The Morgan fingerprint density at radius 1 is 1.00 bits per heavy atom. The van der Waals surface area contributed by atoms with E-state index in [1.165, 1.54) is 11.1 Å². The highest BCUT2D eigenvalue weighted by atomic mass is 16.2. The summed E-state index contributed by atoms with van der Waals surface area (Å²) in [7, 11) is 0. The van der Waals surface area contributed by atoms with Crippen LogP contribution in [0.15, 0.2) is 48.5 Å². The summed E-state index contributed by atoms with van der Waals surface area (Å²) in [6, 6.07) is 16.2. The molecule has 1 aliphatic carbocycles. The lowest BCUT2D eigenvalue weighted by Gasteiger charge is -2.29. The van der Waals surface area contributed by atoms with Crippen LogP contribution in [0.25, 0.3) is 0 Å². The summed E-state index contributed by atoms with van der Waals surface area (Å²) in [5.41, 5.74) is 4.49. The Kier molecular flexibility index (Phi) is 5.56. The molecule has 2 amide bonds. The van der Waals surface area contributed by atoms with Gasteiger partial charge in [0.15, 0.2) is 0 Å². The molecule has 4 rings (SSSR count). The number of hydrogen-bond acceptors (Lipinski definition) is 3. The first-order chi connectivity index (χ1) is 14.1. The van der Waals surface area contributed by atoms with Crippen molar-refractivity contribution < 1.29 is 9.59 Å². The van der Waals surface area contributed by atoms with Gasteiger partial charge in [-0.25, -0.2) is 0 Å². The van der Waals surface area contributed by atoms with Crippen LogP contribution in [0.1, 0.15) is 31.4 Å². The van der Waals surface area contributed by atoms with Crippen molar-refractivity contribution in [2.75, 3.05) is 29.9 Å². The summed E-state index contributed by atoms with van der Waals surface area (Å²) < 4.78 is 0. The second-order valence-corrected chi connectivity index (χ2v) is 7.94. The lowest BCUT2D eigenvalue weighted by atomic mass is 9.99. The van der Waals surface area contributed by atoms with Gasteiger partial charge in [0.1, 0.15) is 0 Å². The molecule has 2 aromatic rings. The lowest BCUT2D eigenvalue weighted by Crippen LogP contribution is -2.37. The number of amides is 2. The van der Waals surface area contributed by atoms with E-state index in [2.05, 4.69) is 36.2 Å². The number of carbonyl (C=O) groups excluding carboxylic acids is 2. The molecule has 29 heavy (non-hydrogen) atoms. The summed E-state index contributed by atoms with van der Waals surface area (Å²) in [6.07, 6.45) is 1.55. The van der Waals surface area contributed by atoms with Crippen molar-refractivity contribution in [1.29, 1.82) is 0 Å². The molecule has 1 aliphatic heterocycles. The summed E-state index contributed by atoms with van der Waals surface area (Å²) in [5, 5.41) is 2.98. The van der Waals surface area contributed by atoms with Gasteiger partial charge < -0.3 is 15.1 Å². The highest BCUT2D eigenvalue weighted by molar-refractivity contribution is 5.99. The number of nitrogens with zero attached hydrogens (tertiary/aromatic N) is 2. The lowest BCUT2D eigenvalue weighted by molar-refractivity contribution is -0.135. The Bertz CT molecular complexity index is 889. The number of rotatable bonds is 6. The second kappa shape index (κ2) is 8.27. The molecular formula is C24H29N3O2. The molecule has 2 atom stereocenters. The Balaban J connectivity index is 1.32. The number of benzene rings is 2. The fraction of sp³-hybridized carbons (Fsp3) is 0.417. The Morgan fingerprint density at radius 3 is 2.38 bits per heavy atom. The van der Waals surface area contributed by atoms with Gasteiger partial charge in [-0.1, -0.05) is 24.3 Å². The van der Waals surface area contributed by atoms with E-state index in [-0.39, 0.29) is 23.7 Å². The van der Waals surface area contributed by atoms with Crippen LogP contribution in [0, 0.1) is 11.8 Å². The maximum atomic E-state index is 12.9. The molecule has 0 saturated heterocycles. The van der Waals surface area contributed by atoms with Crippen molar-refractivity contribution in [2.24, 2.45) is 11.8 Å². The molecule has 0 bridgehead atoms. The molecule has 0 radical (unpaired) electrons. The number of carbonyl (C=O) groups is 2. The average Bonchev–Trinajstić information content (AvgIpc) is 3.56. The number of fused-ring (bicyclic) bond motifs is 1. The minimum absolute atomic E-state index is 0.0450. The van der Waals surface area contributed by atoms with Crippen LogP contribution in [0.2, 0.25) is 0 Å². The van der Waals surface area contributed by atoms with Crippen molar-refractivity contribution >= 4 is 23.2 Å². The van der Waals surface area contributed by atoms with Crippen LogP contribution in [0.5, 0.6) is 0 Å². The standard InChI is InChI=1S/C24H29N3O2/c1-3-26(4-2)20-11-9-19(10-12-20)25-23(28)21-15-22(21)24(29)27-14-13-17-7-5-6-8-18(17)16-27/h5-12,21-22H,3-4,13-16H2,1-2H3,(H,25,28). The second-order valence-electron chi connectivity index (χ2n) is 7.94. The highest BCUT2D eigenvalue weighted by Crippen LogP contribution is 2.41. The number of nitrogens with one attached hydrogen (secondary N) is 1. The molecule has 1 saturated carbocycles. The maximum Gasteiger partial charge on any atom is 0.228 e. The van der Waals surface area contributed by atoms with E-state index < -0.39 is 0 Å². The van der Waals surface area contributed by atoms with Crippen molar-refractivity contribution in [3.05, 3.63) is 59.7 Å². The third-order valence-electron chi connectivity index (χ3n) is 6.15. The fourth-order valence-corrected chi connectivity index (χ4v) is 4.26. The minimum Gasteiger partial charge on any atom is -0.372 e. The van der Waals surface area contributed by atoms with Crippen LogP contribution in [-0.4, -0.2) is 36.3 Å². The molecule has 152 valence electrons. The van der Waals surface area contributed by atoms with Gasteiger partial charge in [-0.3, -0.25) is 9.59 Å². The molecule has 0 spiro atoms. The third-order valence-corrected chi connectivity index (χ3v) is 6.15. The largest absolute Gasteiger partial charge is 0.372 e. The van der Waals surface area contributed by atoms with E-state index in [0.29, 0.717) is 13.0 Å². The fourth-order valence-electron chi connectivity index (χ4n) is 4.26. The molecule has 5 nitrogen and oxygen atoms in total. The van der Waals surface area contributed by atoms with Gasteiger partial charge in [-0.15, -0.1) is 0 Å². The first-order valence-electron chi connectivity index (χ1n) is 10.6. The van der Waals surface area contributed by atoms with E-state index in [4.69, 9.17) is 0 Å². The van der Waals surface area contributed by atoms with Crippen molar-refractivity contribution in [3.8, 4) is 0 Å². The molecular weight excluding hydrogens is 362 g/mol. The number of hydrogen-bond donors (Lipinski definition) is 1. The van der Waals surface area contributed by atoms with Gasteiger partial charge in [0.2, 0.25) is 11.8 Å². The first-order valence-corrected chi connectivity index (χ1v) is 10.6. The molecule has 1 fully saturated rings. The Labute approximate surface area is 172 Å². The monoisotopic (exact) mass is 391 g/mol. The Hall–Kier alpha value is -2.82. The molecule has 1 heterocycles. The van der Waals surface area contributed by atoms with Gasteiger partial charge in [-0.05, 0) is 62.1 Å². The van der Waals surface area contributed by atoms with Crippen LogP contribution < -0.4 is 10.2 Å². The summed E-state index contributed by atoms with van der Waals surface area (Å²) in [6.45, 7) is 7.57. The summed E-state index contributed by atoms with van der Waals surface area (Å²) in [5.74, 6) is -0.301. The van der Waals surface area contributed by atoms with E-state index in [1.54, 1.807) is 0 Å². The van der Waals surface area contributed by atoms with Crippen molar-refractivity contribution in [1.82, 2.24) is 4.90 Å². The molecule has 5 heteroatoms. The van der Waals surface area contributed by atoms with Gasteiger partial charge in [0.05, 0.1) is 11.8 Å².